The lowest BCUT2D eigenvalue weighted by atomic mass is 10.2. The van der Waals surface area contributed by atoms with Gasteiger partial charge in [0.15, 0.2) is 5.96 Å². The summed E-state index contributed by atoms with van der Waals surface area (Å²) in [5.41, 5.74) is 2.39. The SMILES string of the molecule is CN=C(NCCOc1cccc(C(F)(F)F)c1)NCc1c(C)nn(C)c1C. The predicted octanol–water partition coefficient (Wildman–Crippen LogP) is 2.80. The molecule has 0 radical (unpaired) electrons. The van der Waals surface area contributed by atoms with Crippen molar-refractivity contribution in [3.63, 3.8) is 0 Å². The maximum absolute atomic E-state index is 12.7. The number of nitrogens with one attached hydrogen (secondary N) is 2. The van der Waals surface area contributed by atoms with Crippen LogP contribution in [0.1, 0.15) is 22.5 Å². The number of nitrogens with zero attached hydrogens (tertiary/aromatic N) is 3. The molecule has 0 aliphatic carbocycles. The van der Waals surface area contributed by atoms with E-state index < -0.39 is 11.7 Å². The third-order valence-electron chi connectivity index (χ3n) is 4.14. The molecular formula is C18H24F3N5O. The number of alkyl halides is 3. The van der Waals surface area contributed by atoms with E-state index in [-0.39, 0.29) is 12.4 Å². The maximum Gasteiger partial charge on any atom is 0.416 e. The van der Waals surface area contributed by atoms with Crippen LogP contribution in [0.5, 0.6) is 5.75 Å². The van der Waals surface area contributed by atoms with E-state index in [1.54, 1.807) is 7.05 Å². The summed E-state index contributed by atoms with van der Waals surface area (Å²) in [6.07, 6.45) is -4.38. The maximum atomic E-state index is 12.7. The number of hydrogen-bond acceptors (Lipinski definition) is 3. The molecule has 1 aromatic heterocycles. The van der Waals surface area contributed by atoms with Crippen molar-refractivity contribution in [2.75, 3.05) is 20.2 Å². The van der Waals surface area contributed by atoms with Gasteiger partial charge in [0.1, 0.15) is 12.4 Å². The third kappa shape index (κ3) is 5.63. The average Bonchev–Trinajstić information content (AvgIpc) is 2.86. The van der Waals surface area contributed by atoms with E-state index in [0.717, 1.165) is 29.1 Å². The number of halogens is 3. The van der Waals surface area contributed by atoms with Gasteiger partial charge in [-0.15, -0.1) is 0 Å². The Bertz CT molecular complexity index is 799. The zero-order valence-corrected chi connectivity index (χ0v) is 15.8. The van der Waals surface area contributed by atoms with E-state index in [0.29, 0.717) is 19.0 Å². The topological polar surface area (TPSA) is 63.5 Å². The van der Waals surface area contributed by atoms with E-state index in [1.807, 2.05) is 25.6 Å². The quantitative estimate of drug-likeness (QED) is 0.457. The van der Waals surface area contributed by atoms with Crippen LogP contribution in [0.2, 0.25) is 0 Å². The van der Waals surface area contributed by atoms with Crippen molar-refractivity contribution in [3.05, 3.63) is 46.8 Å². The summed E-state index contributed by atoms with van der Waals surface area (Å²) >= 11 is 0. The Hall–Kier alpha value is -2.71. The minimum Gasteiger partial charge on any atom is -0.492 e. The van der Waals surface area contributed by atoms with Gasteiger partial charge in [-0.05, 0) is 32.0 Å². The van der Waals surface area contributed by atoms with E-state index in [1.165, 1.54) is 12.1 Å². The van der Waals surface area contributed by atoms with Gasteiger partial charge >= 0.3 is 6.18 Å². The van der Waals surface area contributed by atoms with Crippen molar-refractivity contribution in [3.8, 4) is 5.75 Å². The van der Waals surface area contributed by atoms with E-state index in [9.17, 15) is 13.2 Å². The minimum absolute atomic E-state index is 0.177. The Morgan fingerprint density at radius 3 is 2.59 bits per heavy atom. The molecule has 0 spiro atoms. The Balaban J connectivity index is 1.80. The molecule has 0 amide bonds. The van der Waals surface area contributed by atoms with Gasteiger partial charge in [-0.3, -0.25) is 9.67 Å². The van der Waals surface area contributed by atoms with Crippen LogP contribution < -0.4 is 15.4 Å². The zero-order chi connectivity index (χ0) is 20.0. The Morgan fingerprint density at radius 1 is 1.26 bits per heavy atom. The molecule has 2 aromatic rings. The van der Waals surface area contributed by atoms with Crippen molar-refractivity contribution < 1.29 is 17.9 Å². The van der Waals surface area contributed by atoms with Crippen molar-refractivity contribution in [2.24, 2.45) is 12.0 Å². The standard InChI is InChI=1S/C18H24F3N5O/c1-12-16(13(2)26(4)25-12)11-24-17(22-3)23-8-9-27-15-7-5-6-14(10-15)18(19,20)21/h5-7,10H,8-9,11H2,1-4H3,(H2,22,23,24). The average molecular weight is 383 g/mol. The molecular weight excluding hydrogens is 359 g/mol. The van der Waals surface area contributed by atoms with Gasteiger partial charge in [0.05, 0.1) is 17.8 Å². The lowest BCUT2D eigenvalue weighted by Crippen LogP contribution is -2.39. The van der Waals surface area contributed by atoms with Crippen LogP contribution in [0.3, 0.4) is 0 Å². The molecule has 148 valence electrons. The number of ether oxygens (including phenoxy) is 1. The second-order valence-corrected chi connectivity index (χ2v) is 6.00. The van der Waals surface area contributed by atoms with Gasteiger partial charge in [0, 0.05) is 31.9 Å². The van der Waals surface area contributed by atoms with Gasteiger partial charge in [0.25, 0.3) is 0 Å². The summed E-state index contributed by atoms with van der Waals surface area (Å²) in [7, 11) is 3.54. The van der Waals surface area contributed by atoms with Crippen LogP contribution in [-0.2, 0) is 19.8 Å². The highest BCUT2D eigenvalue weighted by atomic mass is 19.4. The van der Waals surface area contributed by atoms with E-state index >= 15 is 0 Å². The van der Waals surface area contributed by atoms with Crippen LogP contribution in [0.15, 0.2) is 29.3 Å². The fraction of sp³-hybridized carbons (Fsp3) is 0.444. The first-order chi connectivity index (χ1) is 12.7. The summed E-state index contributed by atoms with van der Waals surface area (Å²) < 4.78 is 45.3. The van der Waals surface area contributed by atoms with Gasteiger partial charge in [-0.2, -0.15) is 18.3 Å². The molecule has 0 atom stereocenters. The highest BCUT2D eigenvalue weighted by Crippen LogP contribution is 2.31. The Kier molecular flexibility index (Phi) is 6.70. The molecule has 2 N–H and O–H groups in total. The van der Waals surface area contributed by atoms with E-state index in [2.05, 4.69) is 20.7 Å². The lowest BCUT2D eigenvalue weighted by Gasteiger charge is -2.13. The number of aryl methyl sites for hydroxylation is 2. The predicted molar refractivity (Wildman–Crippen MR) is 97.8 cm³/mol. The molecule has 0 saturated heterocycles. The molecule has 27 heavy (non-hydrogen) atoms. The monoisotopic (exact) mass is 383 g/mol. The van der Waals surface area contributed by atoms with E-state index in [4.69, 9.17) is 4.74 Å². The van der Waals surface area contributed by atoms with Crippen molar-refractivity contribution in [1.82, 2.24) is 20.4 Å². The number of guanidine groups is 1. The third-order valence-corrected chi connectivity index (χ3v) is 4.14. The van der Waals surface area contributed by atoms with Crippen LogP contribution >= 0.6 is 0 Å². The second kappa shape index (κ2) is 8.79. The van der Waals surface area contributed by atoms with Crippen molar-refractivity contribution >= 4 is 5.96 Å². The molecule has 0 unspecified atom stereocenters. The van der Waals surface area contributed by atoms with Crippen molar-refractivity contribution in [2.45, 2.75) is 26.6 Å². The number of hydrogen-bond donors (Lipinski definition) is 2. The van der Waals surface area contributed by atoms with Crippen molar-refractivity contribution in [1.29, 1.82) is 0 Å². The summed E-state index contributed by atoms with van der Waals surface area (Å²) in [5, 5.41) is 10.6. The largest absolute Gasteiger partial charge is 0.492 e. The van der Waals surface area contributed by atoms with Gasteiger partial charge in [-0.25, -0.2) is 0 Å². The number of rotatable bonds is 6. The number of aliphatic imine (C=N–C) groups is 1. The summed E-state index contributed by atoms with van der Waals surface area (Å²) in [5.74, 6) is 0.751. The smallest absolute Gasteiger partial charge is 0.416 e. The summed E-state index contributed by atoms with van der Waals surface area (Å²) in [6.45, 7) is 5.10. The molecule has 6 nitrogen and oxygen atoms in total. The summed E-state index contributed by atoms with van der Waals surface area (Å²) in [6, 6.07) is 4.82. The molecule has 1 aromatic carbocycles. The molecule has 9 heteroatoms. The first-order valence-corrected chi connectivity index (χ1v) is 8.46. The molecule has 0 bridgehead atoms. The van der Waals surface area contributed by atoms with Crippen LogP contribution in [0.25, 0.3) is 0 Å². The Morgan fingerprint density at radius 2 is 2.00 bits per heavy atom. The zero-order valence-electron chi connectivity index (χ0n) is 15.8. The molecule has 0 aliphatic rings. The molecule has 0 aliphatic heterocycles. The lowest BCUT2D eigenvalue weighted by molar-refractivity contribution is -0.137. The van der Waals surface area contributed by atoms with Crippen LogP contribution in [0, 0.1) is 13.8 Å². The highest BCUT2D eigenvalue weighted by Gasteiger charge is 2.30. The Labute approximate surface area is 156 Å². The van der Waals surface area contributed by atoms with Crippen LogP contribution in [-0.4, -0.2) is 35.9 Å². The van der Waals surface area contributed by atoms with Gasteiger partial charge in [-0.1, -0.05) is 6.07 Å². The van der Waals surface area contributed by atoms with Crippen LogP contribution in [0.4, 0.5) is 13.2 Å². The van der Waals surface area contributed by atoms with Gasteiger partial charge < -0.3 is 15.4 Å². The minimum atomic E-state index is -4.38. The first-order valence-electron chi connectivity index (χ1n) is 8.46. The fourth-order valence-electron chi connectivity index (χ4n) is 2.57. The number of aromatic nitrogens is 2. The highest BCUT2D eigenvalue weighted by molar-refractivity contribution is 5.79. The summed E-state index contributed by atoms with van der Waals surface area (Å²) in [4.78, 5) is 4.12. The fourth-order valence-corrected chi connectivity index (χ4v) is 2.57. The molecule has 0 fully saturated rings. The molecule has 0 saturated carbocycles. The first kappa shape index (κ1) is 20.6. The molecule has 2 rings (SSSR count). The second-order valence-electron chi connectivity index (χ2n) is 6.00. The number of benzene rings is 1. The normalized spacial score (nSPS) is 12.2. The van der Waals surface area contributed by atoms with Gasteiger partial charge in [0.2, 0.25) is 0 Å². The molecule has 1 heterocycles.